The number of imide groups is 1. The van der Waals surface area contributed by atoms with Gasteiger partial charge in [-0.2, -0.15) is 0 Å². The molecule has 1 aliphatic rings. The van der Waals surface area contributed by atoms with Gasteiger partial charge < -0.3 is 9.88 Å². The van der Waals surface area contributed by atoms with E-state index in [1.165, 1.54) is 0 Å². The minimum atomic E-state index is -0.485. The average Bonchev–Trinajstić information content (AvgIpc) is 3.12. The number of pyridine rings is 1. The molecule has 1 aromatic carbocycles. The van der Waals surface area contributed by atoms with Crippen LogP contribution in [0.1, 0.15) is 17.0 Å². The van der Waals surface area contributed by atoms with Crippen LogP contribution in [0.3, 0.4) is 0 Å². The molecule has 0 bridgehead atoms. The molecule has 0 aliphatic carbocycles. The van der Waals surface area contributed by atoms with Crippen LogP contribution in [0, 0.1) is 13.8 Å². The zero-order valence-electron chi connectivity index (χ0n) is 15.3. The predicted molar refractivity (Wildman–Crippen MR) is 108 cm³/mol. The number of aromatic nitrogens is 2. The van der Waals surface area contributed by atoms with Gasteiger partial charge in [-0.3, -0.25) is 9.78 Å². The van der Waals surface area contributed by atoms with Gasteiger partial charge in [-0.05, 0) is 68.0 Å². The molecule has 7 heteroatoms. The smallest absolute Gasteiger partial charge is 0.318 e. The van der Waals surface area contributed by atoms with E-state index in [0.29, 0.717) is 10.7 Å². The molecule has 0 saturated carbocycles. The van der Waals surface area contributed by atoms with Gasteiger partial charge in [0.2, 0.25) is 0 Å². The Morgan fingerprint density at radius 2 is 1.68 bits per heavy atom. The summed E-state index contributed by atoms with van der Waals surface area (Å²) in [6.45, 7) is 3.96. The second-order valence-electron chi connectivity index (χ2n) is 6.47. The minimum Gasteiger partial charge on any atom is -0.318 e. The molecule has 6 nitrogen and oxygen atoms in total. The third-order valence-corrected chi connectivity index (χ3v) is 4.91. The van der Waals surface area contributed by atoms with Crippen molar-refractivity contribution in [2.75, 3.05) is 4.90 Å². The first-order valence-electron chi connectivity index (χ1n) is 8.68. The summed E-state index contributed by atoms with van der Waals surface area (Å²) in [5.41, 5.74) is 4.52. The number of nitrogens with one attached hydrogen (secondary N) is 1. The van der Waals surface area contributed by atoms with E-state index >= 15 is 0 Å². The number of halogens is 1. The van der Waals surface area contributed by atoms with E-state index in [0.717, 1.165) is 27.5 Å². The lowest BCUT2D eigenvalue weighted by Crippen LogP contribution is -2.30. The number of anilines is 1. The lowest BCUT2D eigenvalue weighted by molar-refractivity contribution is -0.113. The molecule has 0 atom stereocenters. The molecule has 0 radical (unpaired) electrons. The van der Waals surface area contributed by atoms with Crippen molar-refractivity contribution in [1.82, 2.24) is 14.9 Å². The van der Waals surface area contributed by atoms with Gasteiger partial charge in [-0.25, -0.2) is 9.69 Å². The topological polar surface area (TPSA) is 67.2 Å². The monoisotopic (exact) mass is 392 g/mol. The van der Waals surface area contributed by atoms with Crippen molar-refractivity contribution in [2.45, 2.75) is 13.8 Å². The fourth-order valence-electron chi connectivity index (χ4n) is 3.34. The van der Waals surface area contributed by atoms with Crippen LogP contribution in [-0.4, -0.2) is 21.5 Å². The molecule has 0 spiro atoms. The summed E-state index contributed by atoms with van der Waals surface area (Å²) < 4.78 is 2.08. The summed E-state index contributed by atoms with van der Waals surface area (Å²) in [4.78, 5) is 30.3. The SMILES string of the molecule is Cc1cc(/C=C2/NC(=O)N(c3ccc(Cl)cc3)C2=O)c(C)n1-c1ccncc1. The number of amides is 3. The number of carbonyl (C=O) groups excluding carboxylic acids is 2. The van der Waals surface area contributed by atoms with Crippen molar-refractivity contribution in [2.24, 2.45) is 0 Å². The molecular weight excluding hydrogens is 376 g/mol. The van der Waals surface area contributed by atoms with Crippen molar-refractivity contribution in [3.05, 3.63) is 82.5 Å². The van der Waals surface area contributed by atoms with E-state index in [1.54, 1.807) is 42.7 Å². The Bertz CT molecular complexity index is 1100. The highest BCUT2D eigenvalue weighted by Gasteiger charge is 2.35. The van der Waals surface area contributed by atoms with Crippen LogP contribution >= 0.6 is 11.6 Å². The Morgan fingerprint density at radius 1 is 1.00 bits per heavy atom. The highest BCUT2D eigenvalue weighted by atomic mass is 35.5. The van der Waals surface area contributed by atoms with Crippen molar-refractivity contribution >= 4 is 35.3 Å². The number of rotatable bonds is 3. The van der Waals surface area contributed by atoms with Gasteiger partial charge >= 0.3 is 6.03 Å². The standard InChI is InChI=1S/C21H17ClN4O2/c1-13-11-15(14(2)25(13)18-7-9-23-10-8-18)12-19-20(27)26(21(28)24-19)17-5-3-16(22)4-6-17/h3-12H,1-2H3,(H,24,28)/b19-12+. The maximum Gasteiger partial charge on any atom is 0.333 e. The number of aryl methyl sites for hydroxylation is 1. The number of urea groups is 1. The summed E-state index contributed by atoms with van der Waals surface area (Å²) in [6, 6.07) is 11.9. The van der Waals surface area contributed by atoms with Crippen LogP contribution in [0.15, 0.2) is 60.6 Å². The van der Waals surface area contributed by atoms with Gasteiger partial charge in [0.05, 0.1) is 5.69 Å². The lowest BCUT2D eigenvalue weighted by atomic mass is 10.2. The van der Waals surface area contributed by atoms with E-state index in [1.807, 2.05) is 32.0 Å². The third kappa shape index (κ3) is 3.08. The Morgan fingerprint density at radius 3 is 2.36 bits per heavy atom. The average molecular weight is 393 g/mol. The van der Waals surface area contributed by atoms with Gasteiger partial charge in [0.25, 0.3) is 5.91 Å². The highest BCUT2D eigenvalue weighted by Crippen LogP contribution is 2.26. The lowest BCUT2D eigenvalue weighted by Gasteiger charge is -2.11. The maximum absolute atomic E-state index is 12.8. The van der Waals surface area contributed by atoms with E-state index in [4.69, 9.17) is 11.6 Å². The van der Waals surface area contributed by atoms with Gasteiger partial charge in [0.15, 0.2) is 0 Å². The van der Waals surface area contributed by atoms with Crippen LogP contribution < -0.4 is 10.2 Å². The molecule has 1 fully saturated rings. The van der Waals surface area contributed by atoms with Gasteiger partial charge in [-0.1, -0.05) is 11.6 Å². The molecule has 28 heavy (non-hydrogen) atoms. The van der Waals surface area contributed by atoms with Crippen molar-refractivity contribution < 1.29 is 9.59 Å². The van der Waals surface area contributed by atoms with Crippen LogP contribution in [0.25, 0.3) is 11.8 Å². The fourth-order valence-corrected chi connectivity index (χ4v) is 3.47. The summed E-state index contributed by atoms with van der Waals surface area (Å²) >= 11 is 5.89. The molecule has 140 valence electrons. The number of hydrogen-bond acceptors (Lipinski definition) is 3. The number of benzene rings is 1. The first kappa shape index (κ1) is 18.0. The Kier molecular flexibility index (Phi) is 4.49. The Labute approximate surface area is 167 Å². The zero-order valence-corrected chi connectivity index (χ0v) is 16.1. The van der Waals surface area contributed by atoms with Crippen molar-refractivity contribution in [3.63, 3.8) is 0 Å². The molecule has 3 heterocycles. The highest BCUT2D eigenvalue weighted by molar-refractivity contribution is 6.31. The van der Waals surface area contributed by atoms with Crippen LogP contribution in [0.5, 0.6) is 0 Å². The fraction of sp³-hybridized carbons (Fsp3) is 0.0952. The molecule has 3 aromatic rings. The van der Waals surface area contributed by atoms with E-state index in [2.05, 4.69) is 14.9 Å². The zero-order chi connectivity index (χ0) is 19.8. The Hall–Kier alpha value is -3.38. The largest absolute Gasteiger partial charge is 0.333 e. The van der Waals surface area contributed by atoms with Crippen molar-refractivity contribution in [3.8, 4) is 5.69 Å². The number of hydrogen-bond donors (Lipinski definition) is 1. The molecule has 1 saturated heterocycles. The summed E-state index contributed by atoms with van der Waals surface area (Å²) in [5, 5.41) is 3.19. The molecule has 1 N–H and O–H groups in total. The molecule has 2 aromatic heterocycles. The molecular formula is C21H17ClN4O2. The van der Waals surface area contributed by atoms with Crippen molar-refractivity contribution in [1.29, 1.82) is 0 Å². The summed E-state index contributed by atoms with van der Waals surface area (Å²) in [7, 11) is 0. The number of nitrogens with zero attached hydrogens (tertiary/aromatic N) is 3. The Balaban J connectivity index is 1.70. The second kappa shape index (κ2) is 6.98. The van der Waals surface area contributed by atoms with E-state index < -0.39 is 11.9 Å². The molecule has 3 amide bonds. The van der Waals surface area contributed by atoms with Crippen LogP contribution in [-0.2, 0) is 4.79 Å². The molecule has 4 rings (SSSR count). The van der Waals surface area contributed by atoms with E-state index in [-0.39, 0.29) is 5.70 Å². The summed E-state index contributed by atoms with van der Waals surface area (Å²) in [5.74, 6) is -0.402. The maximum atomic E-state index is 12.8. The first-order valence-corrected chi connectivity index (χ1v) is 9.05. The first-order chi connectivity index (χ1) is 13.5. The molecule has 0 unspecified atom stereocenters. The van der Waals surface area contributed by atoms with Gasteiger partial charge in [0, 0.05) is 34.5 Å². The summed E-state index contributed by atoms with van der Waals surface area (Å²) in [6.07, 6.45) is 5.17. The van der Waals surface area contributed by atoms with Gasteiger partial charge in [-0.15, -0.1) is 0 Å². The minimum absolute atomic E-state index is 0.231. The predicted octanol–water partition coefficient (Wildman–Crippen LogP) is 4.24. The number of carbonyl (C=O) groups is 2. The van der Waals surface area contributed by atoms with E-state index in [9.17, 15) is 9.59 Å². The van der Waals surface area contributed by atoms with Crippen LogP contribution in [0.4, 0.5) is 10.5 Å². The quantitative estimate of drug-likeness (QED) is 0.535. The third-order valence-electron chi connectivity index (χ3n) is 4.65. The van der Waals surface area contributed by atoms with Crippen LogP contribution in [0.2, 0.25) is 5.02 Å². The molecule has 1 aliphatic heterocycles. The normalized spacial score (nSPS) is 15.4. The van der Waals surface area contributed by atoms with Gasteiger partial charge in [0.1, 0.15) is 5.70 Å². The second-order valence-corrected chi connectivity index (χ2v) is 6.91.